The summed E-state index contributed by atoms with van der Waals surface area (Å²) in [7, 11) is -0.372. The van der Waals surface area contributed by atoms with Crippen LogP contribution in [0.25, 0.3) is 0 Å². The molecule has 1 N–H and O–H groups in total. The smallest absolute Gasteiger partial charge is 0.243 e. The number of piperazine rings is 1. The van der Waals surface area contributed by atoms with Crippen molar-refractivity contribution in [3.8, 4) is 11.5 Å². The van der Waals surface area contributed by atoms with Crippen molar-refractivity contribution in [2.45, 2.75) is 11.4 Å². The zero-order valence-electron chi connectivity index (χ0n) is 15.4. The Morgan fingerprint density at radius 2 is 1.63 bits per heavy atom. The van der Waals surface area contributed by atoms with Gasteiger partial charge in [0.1, 0.15) is 12.4 Å². The summed E-state index contributed by atoms with van der Waals surface area (Å²) in [5.41, 5.74) is 1.11. The number of benzene rings is 2. The zero-order chi connectivity index (χ0) is 19.4. The van der Waals surface area contributed by atoms with E-state index in [0.29, 0.717) is 37.7 Å². The van der Waals surface area contributed by atoms with Gasteiger partial charge in [-0.15, -0.1) is 0 Å². The molecular weight excluding hydrogens is 371 g/mol. The van der Waals surface area contributed by atoms with Gasteiger partial charge < -0.3 is 14.4 Å². The van der Waals surface area contributed by atoms with Crippen molar-refractivity contribution in [1.82, 2.24) is 4.31 Å². The summed E-state index contributed by atoms with van der Waals surface area (Å²) in [6, 6.07) is 10.8. The summed E-state index contributed by atoms with van der Waals surface area (Å²) >= 11 is 0. The van der Waals surface area contributed by atoms with Crippen LogP contribution in [0.1, 0.15) is 5.56 Å². The lowest BCUT2D eigenvalue weighted by Gasteiger charge is -2.31. The fourth-order valence-corrected chi connectivity index (χ4v) is 4.70. The molecule has 0 unspecified atom stereocenters. The van der Waals surface area contributed by atoms with Crippen molar-refractivity contribution in [3.05, 3.63) is 53.8 Å². The first-order chi connectivity index (χ1) is 12.9. The van der Waals surface area contributed by atoms with Gasteiger partial charge in [-0.2, -0.15) is 4.31 Å². The van der Waals surface area contributed by atoms with E-state index in [-0.39, 0.29) is 4.90 Å². The van der Waals surface area contributed by atoms with E-state index < -0.39 is 15.8 Å². The minimum Gasteiger partial charge on any atom is -0.493 e. The third kappa shape index (κ3) is 4.40. The van der Waals surface area contributed by atoms with Gasteiger partial charge in [0.25, 0.3) is 0 Å². The Hall–Kier alpha value is -2.16. The predicted molar refractivity (Wildman–Crippen MR) is 99.1 cm³/mol. The van der Waals surface area contributed by atoms with E-state index >= 15 is 0 Å². The summed E-state index contributed by atoms with van der Waals surface area (Å²) in [6.07, 6.45) is 0. The summed E-state index contributed by atoms with van der Waals surface area (Å²) in [5, 5.41) is 0. The van der Waals surface area contributed by atoms with E-state index in [1.54, 1.807) is 14.2 Å². The number of sulfonamides is 1. The van der Waals surface area contributed by atoms with Crippen LogP contribution in [-0.2, 0) is 16.6 Å². The average Bonchev–Trinajstić information content (AvgIpc) is 2.68. The largest absolute Gasteiger partial charge is 0.493 e. The normalized spacial score (nSPS) is 16.3. The molecule has 0 atom stereocenters. The molecule has 27 heavy (non-hydrogen) atoms. The summed E-state index contributed by atoms with van der Waals surface area (Å²) in [4.78, 5) is 1.43. The minimum atomic E-state index is -3.58. The zero-order valence-corrected chi connectivity index (χ0v) is 16.3. The molecule has 2 aromatic rings. The summed E-state index contributed by atoms with van der Waals surface area (Å²) in [5.74, 6) is 0.927. The number of nitrogens with zero attached hydrogens (tertiary/aromatic N) is 1. The van der Waals surface area contributed by atoms with Gasteiger partial charge in [0.2, 0.25) is 10.0 Å². The van der Waals surface area contributed by atoms with Crippen molar-refractivity contribution >= 4 is 10.0 Å². The molecule has 8 heteroatoms. The van der Waals surface area contributed by atoms with E-state index in [2.05, 4.69) is 0 Å². The van der Waals surface area contributed by atoms with E-state index in [1.807, 2.05) is 18.2 Å². The lowest BCUT2D eigenvalue weighted by atomic mass is 10.1. The van der Waals surface area contributed by atoms with Gasteiger partial charge in [0.05, 0.1) is 45.3 Å². The Kier molecular flexibility index (Phi) is 5.98. The van der Waals surface area contributed by atoms with Crippen LogP contribution < -0.4 is 14.4 Å². The SMILES string of the molecule is COc1ccc(C[NH+]2CCN(S(=O)(=O)c3ccc(F)cc3)CC2)cc1OC. The molecule has 0 aromatic heterocycles. The maximum atomic E-state index is 13.0. The highest BCUT2D eigenvalue weighted by atomic mass is 32.2. The minimum absolute atomic E-state index is 0.132. The van der Waals surface area contributed by atoms with Crippen molar-refractivity contribution in [2.24, 2.45) is 0 Å². The standard InChI is InChI=1S/C19H23FN2O4S/c1-25-18-8-3-15(13-19(18)26-2)14-21-9-11-22(12-10-21)27(23,24)17-6-4-16(20)5-7-17/h3-8,13H,9-12,14H2,1-2H3/p+1. The van der Waals surface area contributed by atoms with Gasteiger partial charge in [-0.3, -0.25) is 0 Å². The molecule has 1 aliphatic rings. The Labute approximate surface area is 159 Å². The van der Waals surface area contributed by atoms with E-state index in [9.17, 15) is 12.8 Å². The number of ether oxygens (including phenoxy) is 2. The van der Waals surface area contributed by atoms with Crippen molar-refractivity contribution in [1.29, 1.82) is 0 Å². The fraction of sp³-hybridized carbons (Fsp3) is 0.368. The van der Waals surface area contributed by atoms with Crippen LogP contribution in [0.5, 0.6) is 11.5 Å². The molecule has 1 heterocycles. The molecule has 2 aromatic carbocycles. The van der Waals surface area contributed by atoms with Gasteiger partial charge in [-0.1, -0.05) is 0 Å². The number of nitrogens with one attached hydrogen (secondary N) is 1. The van der Waals surface area contributed by atoms with Gasteiger partial charge in [0, 0.05) is 5.56 Å². The number of hydrogen-bond acceptors (Lipinski definition) is 4. The molecule has 1 aliphatic heterocycles. The number of halogens is 1. The van der Waals surface area contributed by atoms with Crippen LogP contribution in [-0.4, -0.2) is 53.1 Å². The third-order valence-corrected chi connectivity index (χ3v) is 6.70. The maximum absolute atomic E-state index is 13.0. The summed E-state index contributed by atoms with van der Waals surface area (Å²) in [6.45, 7) is 3.05. The number of hydrogen-bond donors (Lipinski definition) is 1. The second kappa shape index (κ2) is 8.24. The van der Waals surface area contributed by atoms with Crippen LogP contribution in [0.3, 0.4) is 0 Å². The Morgan fingerprint density at radius 3 is 2.22 bits per heavy atom. The molecule has 3 rings (SSSR count). The predicted octanol–water partition coefficient (Wildman–Crippen LogP) is 0.932. The first kappa shape index (κ1) is 19.6. The highest BCUT2D eigenvalue weighted by Gasteiger charge is 2.30. The maximum Gasteiger partial charge on any atom is 0.243 e. The van der Waals surface area contributed by atoms with E-state index in [1.165, 1.54) is 33.5 Å². The third-order valence-electron chi connectivity index (χ3n) is 4.78. The molecule has 6 nitrogen and oxygen atoms in total. The van der Waals surface area contributed by atoms with Gasteiger partial charge in [-0.05, 0) is 42.5 Å². The van der Waals surface area contributed by atoms with Gasteiger partial charge >= 0.3 is 0 Å². The first-order valence-corrected chi connectivity index (χ1v) is 10.2. The van der Waals surface area contributed by atoms with Crippen LogP contribution in [0.4, 0.5) is 4.39 Å². The number of quaternary nitrogens is 1. The van der Waals surface area contributed by atoms with Gasteiger partial charge in [0.15, 0.2) is 11.5 Å². The molecule has 0 radical (unpaired) electrons. The fourth-order valence-electron chi connectivity index (χ4n) is 3.25. The Balaban J connectivity index is 1.63. The van der Waals surface area contributed by atoms with E-state index in [4.69, 9.17) is 9.47 Å². The monoisotopic (exact) mass is 395 g/mol. The average molecular weight is 395 g/mol. The second-order valence-electron chi connectivity index (χ2n) is 6.47. The Morgan fingerprint density at radius 1 is 1.00 bits per heavy atom. The highest BCUT2D eigenvalue weighted by Crippen LogP contribution is 2.27. The lowest BCUT2D eigenvalue weighted by molar-refractivity contribution is -0.917. The van der Waals surface area contributed by atoms with Crippen LogP contribution in [0, 0.1) is 5.82 Å². The number of rotatable bonds is 6. The van der Waals surface area contributed by atoms with Crippen molar-refractivity contribution in [3.63, 3.8) is 0 Å². The van der Waals surface area contributed by atoms with E-state index in [0.717, 1.165) is 12.1 Å². The molecule has 0 aliphatic carbocycles. The molecule has 1 fully saturated rings. The molecule has 0 saturated carbocycles. The molecule has 146 valence electrons. The topological polar surface area (TPSA) is 60.3 Å². The quantitative estimate of drug-likeness (QED) is 0.791. The van der Waals surface area contributed by atoms with Crippen LogP contribution in [0.2, 0.25) is 0 Å². The van der Waals surface area contributed by atoms with Crippen LogP contribution in [0.15, 0.2) is 47.4 Å². The first-order valence-electron chi connectivity index (χ1n) is 8.74. The summed E-state index contributed by atoms with van der Waals surface area (Å²) < 4.78 is 50.5. The second-order valence-corrected chi connectivity index (χ2v) is 8.41. The number of methoxy groups -OCH3 is 2. The molecule has 0 amide bonds. The van der Waals surface area contributed by atoms with Gasteiger partial charge in [-0.25, -0.2) is 12.8 Å². The molecule has 0 bridgehead atoms. The van der Waals surface area contributed by atoms with Crippen LogP contribution >= 0.6 is 0 Å². The molecular formula is C19H24FN2O4S+. The molecule has 0 spiro atoms. The Bertz CT molecular complexity index is 879. The molecule has 1 saturated heterocycles. The van der Waals surface area contributed by atoms with Crippen molar-refractivity contribution in [2.75, 3.05) is 40.4 Å². The van der Waals surface area contributed by atoms with Crippen molar-refractivity contribution < 1.29 is 27.2 Å². The highest BCUT2D eigenvalue weighted by molar-refractivity contribution is 7.89. The lowest BCUT2D eigenvalue weighted by Crippen LogP contribution is -3.13.